The highest BCUT2D eigenvalue weighted by Crippen LogP contribution is 2.47. The van der Waals surface area contributed by atoms with Gasteiger partial charge in [0.1, 0.15) is 11.5 Å². The number of carboxylic acid groups (broad SMARTS) is 2. The fraction of sp³-hybridized carbons (Fsp3) is 0.400. The Kier molecular flexibility index (Phi) is 9.64. The van der Waals surface area contributed by atoms with Crippen LogP contribution in [0.1, 0.15) is 71.9 Å². The van der Waals surface area contributed by atoms with Gasteiger partial charge in [-0.25, -0.2) is 14.8 Å². The smallest absolute Gasteiger partial charge is 0.416 e. The van der Waals surface area contributed by atoms with Crippen molar-refractivity contribution in [3.8, 4) is 0 Å². The van der Waals surface area contributed by atoms with E-state index >= 15 is 0 Å². The predicted octanol–water partition coefficient (Wildman–Crippen LogP) is 7.34. The van der Waals surface area contributed by atoms with Crippen molar-refractivity contribution < 1.29 is 59.3 Å². The van der Waals surface area contributed by atoms with Crippen LogP contribution in [0.5, 0.6) is 0 Å². The number of rotatable bonds is 8. The normalized spacial score (nSPS) is 19.1. The number of alkyl halides is 9. The van der Waals surface area contributed by atoms with Crippen molar-refractivity contribution in [2.24, 2.45) is 11.7 Å². The Morgan fingerprint density at radius 2 is 1.56 bits per heavy atom. The van der Waals surface area contributed by atoms with E-state index in [0.717, 1.165) is 17.2 Å². The molecule has 3 aromatic rings. The van der Waals surface area contributed by atoms with E-state index in [-0.39, 0.29) is 53.9 Å². The Hall–Kier alpha value is -4.61. The van der Waals surface area contributed by atoms with Gasteiger partial charge in [0.15, 0.2) is 0 Å². The maximum atomic E-state index is 13.8. The average molecular weight is 694 g/mol. The van der Waals surface area contributed by atoms with Crippen molar-refractivity contribution in [2.45, 2.75) is 63.2 Å². The molecule has 2 aromatic carbocycles. The summed E-state index contributed by atoms with van der Waals surface area (Å²) in [6.07, 6.45) is -16.7. The number of hydrogen-bond acceptors (Lipinski definition) is 6. The first-order valence-corrected chi connectivity index (χ1v) is 14.2. The molecule has 0 fully saturated rings. The molecule has 3 atom stereocenters. The molecule has 0 saturated heterocycles. The zero-order valence-corrected chi connectivity index (χ0v) is 25.1. The topological polar surface area (TPSA) is 142 Å². The standard InChI is InChI=1S/C30H28F9N5O4/c1-3-27(40)11-20(19-10-16(28(31,32)33)4-5-23(19)44(27)26(47)48)24-42-13-22(41-12-14(2)25(45)46)21(43-24)8-15-6-17(29(34,35)36)9-18(7-15)30(37,38)39/h4-7,9-10,13-14,20,41H,3,8,11-12,40H2,1-2H3,(H,45,46)(H,47,48)/t14?,20-,27+/m0/s1. The van der Waals surface area contributed by atoms with Crippen molar-refractivity contribution in [1.82, 2.24) is 9.97 Å². The summed E-state index contributed by atoms with van der Waals surface area (Å²) in [4.78, 5) is 33.0. The Balaban J connectivity index is 1.92. The lowest BCUT2D eigenvalue weighted by Crippen LogP contribution is -2.61. The van der Waals surface area contributed by atoms with Crippen LogP contribution in [-0.4, -0.2) is 44.5 Å². The van der Waals surface area contributed by atoms with E-state index in [4.69, 9.17) is 5.73 Å². The maximum absolute atomic E-state index is 13.8. The second kappa shape index (κ2) is 12.8. The second-order valence-corrected chi connectivity index (χ2v) is 11.4. The van der Waals surface area contributed by atoms with Crippen LogP contribution >= 0.6 is 0 Å². The van der Waals surface area contributed by atoms with E-state index < -0.39 is 76.8 Å². The van der Waals surface area contributed by atoms with Crippen molar-refractivity contribution in [1.29, 1.82) is 0 Å². The molecule has 1 amide bonds. The van der Waals surface area contributed by atoms with Gasteiger partial charge in [-0.3, -0.25) is 9.69 Å². The molecule has 2 heterocycles. The summed E-state index contributed by atoms with van der Waals surface area (Å²) >= 11 is 0. The highest BCUT2D eigenvalue weighted by atomic mass is 19.4. The Morgan fingerprint density at radius 1 is 0.979 bits per heavy atom. The zero-order chi connectivity index (χ0) is 36.0. The van der Waals surface area contributed by atoms with E-state index in [9.17, 15) is 59.3 Å². The molecule has 5 N–H and O–H groups in total. The van der Waals surface area contributed by atoms with Crippen LogP contribution in [0, 0.1) is 5.92 Å². The number of nitrogens with zero attached hydrogens (tertiary/aromatic N) is 3. The maximum Gasteiger partial charge on any atom is 0.416 e. The van der Waals surface area contributed by atoms with Crippen LogP contribution < -0.4 is 16.0 Å². The number of nitrogens with one attached hydrogen (secondary N) is 1. The number of hydrogen-bond donors (Lipinski definition) is 4. The number of aromatic nitrogens is 2. The molecule has 9 nitrogen and oxygen atoms in total. The molecule has 4 rings (SSSR count). The summed E-state index contributed by atoms with van der Waals surface area (Å²) in [5, 5.41) is 22.0. The Morgan fingerprint density at radius 3 is 2.06 bits per heavy atom. The molecule has 0 radical (unpaired) electrons. The minimum Gasteiger partial charge on any atom is -0.481 e. The van der Waals surface area contributed by atoms with Crippen LogP contribution in [0.4, 0.5) is 55.7 Å². The number of carboxylic acids is 1. The summed E-state index contributed by atoms with van der Waals surface area (Å²) in [7, 11) is 0. The van der Waals surface area contributed by atoms with Crippen LogP contribution in [0.15, 0.2) is 42.6 Å². The van der Waals surface area contributed by atoms with Gasteiger partial charge in [0.2, 0.25) is 0 Å². The molecule has 0 saturated carbocycles. The van der Waals surface area contributed by atoms with Crippen molar-refractivity contribution in [2.75, 3.05) is 16.8 Å². The number of benzene rings is 2. The number of aliphatic carboxylic acids is 1. The van der Waals surface area contributed by atoms with Gasteiger partial charge >= 0.3 is 30.6 Å². The van der Waals surface area contributed by atoms with Crippen molar-refractivity contribution in [3.05, 3.63) is 81.9 Å². The summed E-state index contributed by atoms with van der Waals surface area (Å²) in [5.41, 5.74) is -0.707. The van der Waals surface area contributed by atoms with Gasteiger partial charge < -0.3 is 21.3 Å². The first-order chi connectivity index (χ1) is 22.0. The molecule has 48 heavy (non-hydrogen) atoms. The molecule has 0 aliphatic carbocycles. The number of fused-ring (bicyclic) bond motifs is 1. The molecule has 1 aliphatic heterocycles. The molecule has 1 aliphatic rings. The van der Waals surface area contributed by atoms with Gasteiger partial charge in [-0.2, -0.15) is 39.5 Å². The molecule has 18 heteroatoms. The molecule has 1 aromatic heterocycles. The first kappa shape index (κ1) is 36.2. The highest BCUT2D eigenvalue weighted by molar-refractivity contribution is 5.90. The molecular weight excluding hydrogens is 665 g/mol. The summed E-state index contributed by atoms with van der Waals surface area (Å²) in [6, 6.07) is 3.22. The molecule has 0 spiro atoms. The third kappa shape index (κ3) is 7.58. The SMILES string of the molecule is CC[C@]1(N)C[C@H](c2ncc(NCC(C)C(=O)O)c(Cc3cc(C(F)(F)F)cc(C(F)(F)F)c3)n2)c2cc(C(F)(F)F)ccc2N1C(=O)O. The van der Waals surface area contributed by atoms with E-state index in [2.05, 4.69) is 15.3 Å². The van der Waals surface area contributed by atoms with Crippen LogP contribution in [0.25, 0.3) is 0 Å². The van der Waals surface area contributed by atoms with E-state index in [0.29, 0.717) is 24.3 Å². The zero-order valence-electron chi connectivity index (χ0n) is 25.1. The predicted molar refractivity (Wildman–Crippen MR) is 152 cm³/mol. The third-order valence-electron chi connectivity index (χ3n) is 8.01. The van der Waals surface area contributed by atoms with Crippen LogP contribution in [0.3, 0.4) is 0 Å². The Bertz CT molecular complexity index is 1680. The number of carbonyl (C=O) groups is 2. The molecule has 260 valence electrons. The van der Waals surface area contributed by atoms with E-state index in [1.807, 2.05) is 0 Å². The highest BCUT2D eigenvalue weighted by Gasteiger charge is 2.47. The second-order valence-electron chi connectivity index (χ2n) is 11.4. The van der Waals surface area contributed by atoms with Gasteiger partial charge in [-0.15, -0.1) is 0 Å². The Labute approximate surface area is 266 Å². The van der Waals surface area contributed by atoms with Gasteiger partial charge in [0, 0.05) is 18.9 Å². The lowest BCUT2D eigenvalue weighted by Gasteiger charge is -2.46. The number of nitrogens with two attached hydrogens (primary N) is 1. The minimum atomic E-state index is -5.16. The molecule has 1 unspecified atom stereocenters. The fourth-order valence-corrected chi connectivity index (χ4v) is 5.38. The van der Waals surface area contributed by atoms with E-state index in [1.165, 1.54) is 13.8 Å². The number of anilines is 2. The number of halogens is 9. The summed E-state index contributed by atoms with van der Waals surface area (Å²) < 4.78 is 123. The molecule has 0 bridgehead atoms. The summed E-state index contributed by atoms with van der Waals surface area (Å²) in [5.74, 6) is -3.71. The van der Waals surface area contributed by atoms with E-state index in [1.54, 1.807) is 0 Å². The summed E-state index contributed by atoms with van der Waals surface area (Å²) in [6.45, 7) is 2.60. The van der Waals surface area contributed by atoms with Crippen LogP contribution in [0.2, 0.25) is 0 Å². The van der Waals surface area contributed by atoms with Gasteiger partial charge in [-0.1, -0.05) is 13.8 Å². The van der Waals surface area contributed by atoms with Gasteiger partial charge in [-0.05, 0) is 60.4 Å². The lowest BCUT2D eigenvalue weighted by molar-refractivity contribution is -0.143. The largest absolute Gasteiger partial charge is 0.481 e. The average Bonchev–Trinajstić information content (AvgIpc) is 2.97. The number of amides is 1. The van der Waals surface area contributed by atoms with Crippen molar-refractivity contribution >= 4 is 23.4 Å². The quantitative estimate of drug-likeness (QED) is 0.180. The third-order valence-corrected chi connectivity index (χ3v) is 8.01. The van der Waals surface area contributed by atoms with Crippen molar-refractivity contribution in [3.63, 3.8) is 0 Å². The molecular formula is C30H28F9N5O4. The fourth-order valence-electron chi connectivity index (χ4n) is 5.38. The van der Waals surface area contributed by atoms with Gasteiger partial charge in [0.25, 0.3) is 0 Å². The minimum absolute atomic E-state index is 0.0275. The van der Waals surface area contributed by atoms with Crippen LogP contribution in [-0.2, 0) is 29.7 Å². The lowest BCUT2D eigenvalue weighted by atomic mass is 9.80. The monoisotopic (exact) mass is 693 g/mol. The first-order valence-electron chi connectivity index (χ1n) is 14.2. The van der Waals surface area contributed by atoms with Gasteiger partial charge in [0.05, 0.1) is 45.9 Å².